The quantitative estimate of drug-likeness (QED) is 0.556. The number of allylic oxidation sites excluding steroid dienone is 2. The van der Waals surface area contributed by atoms with Crippen LogP contribution in [0.15, 0.2) is 12.2 Å². The Hall–Kier alpha value is -0.630. The highest BCUT2D eigenvalue weighted by Gasteiger charge is 2.12. The summed E-state index contributed by atoms with van der Waals surface area (Å²) in [7, 11) is 1.50. The standard InChI is InChI=1S/C7H10O.CH5N/c1-6(8)7-4-2-3-5-7;1-2/h2,4,7H,3,5H2,1H3;2H2,1H3. The third kappa shape index (κ3) is 2.78. The molecule has 10 heavy (non-hydrogen) atoms. The number of rotatable bonds is 1. The fourth-order valence-corrected chi connectivity index (χ4v) is 0.971. The van der Waals surface area contributed by atoms with Crippen molar-refractivity contribution in [3.63, 3.8) is 0 Å². The highest BCUT2D eigenvalue weighted by molar-refractivity contribution is 5.80. The van der Waals surface area contributed by atoms with Crippen LogP contribution in [0.25, 0.3) is 0 Å². The Balaban J connectivity index is 0.000000371. The molecule has 1 rings (SSSR count). The molecule has 2 N–H and O–H groups in total. The largest absolute Gasteiger partial charge is 0.333 e. The lowest BCUT2D eigenvalue weighted by molar-refractivity contribution is -0.119. The zero-order valence-electron chi connectivity index (χ0n) is 6.63. The van der Waals surface area contributed by atoms with E-state index in [-0.39, 0.29) is 5.92 Å². The molecule has 0 aromatic heterocycles. The molecule has 0 saturated heterocycles. The van der Waals surface area contributed by atoms with E-state index in [2.05, 4.69) is 11.8 Å². The second-order valence-corrected chi connectivity index (χ2v) is 2.22. The summed E-state index contributed by atoms with van der Waals surface area (Å²) in [5, 5.41) is 0. The van der Waals surface area contributed by atoms with E-state index in [9.17, 15) is 4.79 Å². The van der Waals surface area contributed by atoms with Crippen molar-refractivity contribution in [1.29, 1.82) is 0 Å². The second-order valence-electron chi connectivity index (χ2n) is 2.22. The second kappa shape index (κ2) is 5.18. The van der Waals surface area contributed by atoms with E-state index in [0.717, 1.165) is 12.8 Å². The maximum Gasteiger partial charge on any atom is 0.136 e. The summed E-state index contributed by atoms with van der Waals surface area (Å²) in [6.07, 6.45) is 6.20. The SMILES string of the molecule is CC(=O)C1C=CCC1.CN. The fourth-order valence-electron chi connectivity index (χ4n) is 0.971. The molecule has 2 nitrogen and oxygen atoms in total. The van der Waals surface area contributed by atoms with Crippen molar-refractivity contribution < 1.29 is 4.79 Å². The van der Waals surface area contributed by atoms with Crippen molar-refractivity contribution in [3.05, 3.63) is 12.2 Å². The molecule has 0 aromatic carbocycles. The lowest BCUT2D eigenvalue weighted by Gasteiger charge is -1.97. The van der Waals surface area contributed by atoms with E-state index in [1.807, 2.05) is 6.08 Å². The van der Waals surface area contributed by atoms with Gasteiger partial charge in [0.25, 0.3) is 0 Å². The normalized spacial score (nSPS) is 21.7. The Morgan fingerprint density at radius 1 is 1.60 bits per heavy atom. The number of nitrogens with two attached hydrogens (primary N) is 1. The van der Waals surface area contributed by atoms with Crippen LogP contribution in [0.3, 0.4) is 0 Å². The van der Waals surface area contributed by atoms with Gasteiger partial charge in [-0.05, 0) is 26.8 Å². The number of Topliss-reactive ketones (excluding diaryl/α,β-unsaturated/α-hetero) is 1. The zero-order chi connectivity index (χ0) is 7.98. The molecule has 1 atom stereocenters. The molecule has 0 radical (unpaired) electrons. The Labute approximate surface area is 62.1 Å². The number of ketones is 1. The molecule has 1 aliphatic rings. The summed E-state index contributed by atoms with van der Waals surface area (Å²) < 4.78 is 0. The molecule has 1 unspecified atom stereocenters. The van der Waals surface area contributed by atoms with Crippen LogP contribution < -0.4 is 5.73 Å². The molecule has 0 spiro atoms. The summed E-state index contributed by atoms with van der Waals surface area (Å²) >= 11 is 0. The monoisotopic (exact) mass is 141 g/mol. The van der Waals surface area contributed by atoms with Crippen molar-refractivity contribution in [2.75, 3.05) is 7.05 Å². The van der Waals surface area contributed by atoms with E-state index < -0.39 is 0 Å². The minimum Gasteiger partial charge on any atom is -0.333 e. The van der Waals surface area contributed by atoms with Gasteiger partial charge < -0.3 is 5.73 Å². The summed E-state index contributed by atoms with van der Waals surface area (Å²) in [4.78, 5) is 10.6. The molecule has 2 heteroatoms. The van der Waals surface area contributed by atoms with Crippen LogP contribution in [0.2, 0.25) is 0 Å². The van der Waals surface area contributed by atoms with E-state index in [1.54, 1.807) is 6.92 Å². The summed E-state index contributed by atoms with van der Waals surface area (Å²) in [6, 6.07) is 0. The summed E-state index contributed by atoms with van der Waals surface area (Å²) in [5.74, 6) is 0.550. The van der Waals surface area contributed by atoms with Gasteiger partial charge in [-0.3, -0.25) is 4.79 Å². The Morgan fingerprint density at radius 3 is 2.40 bits per heavy atom. The number of hydrogen-bond donors (Lipinski definition) is 1. The molecule has 0 heterocycles. The molecule has 0 saturated carbocycles. The van der Waals surface area contributed by atoms with Crippen molar-refractivity contribution in [2.24, 2.45) is 11.7 Å². The minimum absolute atomic E-state index is 0.245. The first-order valence-electron chi connectivity index (χ1n) is 3.55. The van der Waals surface area contributed by atoms with Crippen molar-refractivity contribution in [2.45, 2.75) is 19.8 Å². The molecular weight excluding hydrogens is 126 g/mol. The van der Waals surface area contributed by atoms with E-state index in [1.165, 1.54) is 7.05 Å². The number of carbonyl (C=O) groups excluding carboxylic acids is 1. The van der Waals surface area contributed by atoms with Crippen LogP contribution in [0.1, 0.15) is 19.8 Å². The number of hydrogen-bond acceptors (Lipinski definition) is 2. The van der Waals surface area contributed by atoms with E-state index in [0.29, 0.717) is 5.78 Å². The average molecular weight is 141 g/mol. The van der Waals surface area contributed by atoms with Gasteiger partial charge in [-0.1, -0.05) is 12.2 Å². The highest BCUT2D eigenvalue weighted by Crippen LogP contribution is 2.16. The summed E-state index contributed by atoms with van der Waals surface area (Å²) in [5.41, 5.74) is 4.50. The van der Waals surface area contributed by atoms with Gasteiger partial charge in [-0.2, -0.15) is 0 Å². The van der Waals surface area contributed by atoms with Crippen LogP contribution in [-0.2, 0) is 4.79 Å². The van der Waals surface area contributed by atoms with Crippen molar-refractivity contribution in [1.82, 2.24) is 0 Å². The predicted octanol–water partition coefficient (Wildman–Crippen LogP) is 1.12. The van der Waals surface area contributed by atoms with Gasteiger partial charge >= 0.3 is 0 Å². The van der Waals surface area contributed by atoms with Gasteiger partial charge in [0.05, 0.1) is 0 Å². The first-order valence-corrected chi connectivity index (χ1v) is 3.55. The lowest BCUT2D eigenvalue weighted by Crippen LogP contribution is -2.02. The lowest BCUT2D eigenvalue weighted by atomic mass is 10.1. The first kappa shape index (κ1) is 9.37. The predicted molar refractivity (Wildman–Crippen MR) is 42.7 cm³/mol. The molecule has 0 amide bonds. The van der Waals surface area contributed by atoms with E-state index in [4.69, 9.17) is 0 Å². The third-order valence-corrected chi connectivity index (χ3v) is 1.53. The van der Waals surface area contributed by atoms with Crippen molar-refractivity contribution in [3.8, 4) is 0 Å². The third-order valence-electron chi connectivity index (χ3n) is 1.53. The van der Waals surface area contributed by atoms with Crippen molar-refractivity contribution >= 4 is 5.78 Å². The van der Waals surface area contributed by atoms with Gasteiger partial charge in [0.15, 0.2) is 0 Å². The topological polar surface area (TPSA) is 43.1 Å². The maximum absolute atomic E-state index is 10.6. The molecular formula is C8H15NO. The zero-order valence-corrected chi connectivity index (χ0v) is 6.63. The van der Waals surface area contributed by atoms with Crippen LogP contribution in [0.5, 0.6) is 0 Å². The Morgan fingerprint density at radius 2 is 2.20 bits per heavy atom. The number of carbonyl (C=O) groups is 1. The fraction of sp³-hybridized carbons (Fsp3) is 0.625. The van der Waals surface area contributed by atoms with Crippen LogP contribution in [-0.4, -0.2) is 12.8 Å². The molecule has 0 aromatic rings. The molecule has 58 valence electrons. The maximum atomic E-state index is 10.6. The Kier molecular flexibility index (Phi) is 4.85. The van der Waals surface area contributed by atoms with Crippen LogP contribution in [0.4, 0.5) is 0 Å². The van der Waals surface area contributed by atoms with Gasteiger partial charge in [-0.25, -0.2) is 0 Å². The minimum atomic E-state index is 0.245. The van der Waals surface area contributed by atoms with Gasteiger partial charge in [0.2, 0.25) is 0 Å². The smallest absolute Gasteiger partial charge is 0.136 e. The molecule has 1 aliphatic carbocycles. The van der Waals surface area contributed by atoms with Gasteiger partial charge in [0, 0.05) is 5.92 Å². The first-order chi connectivity index (χ1) is 4.80. The highest BCUT2D eigenvalue weighted by atomic mass is 16.1. The van der Waals surface area contributed by atoms with Gasteiger partial charge in [-0.15, -0.1) is 0 Å². The van der Waals surface area contributed by atoms with E-state index >= 15 is 0 Å². The summed E-state index contributed by atoms with van der Waals surface area (Å²) in [6.45, 7) is 1.65. The van der Waals surface area contributed by atoms with Gasteiger partial charge in [0.1, 0.15) is 5.78 Å². The molecule has 0 aliphatic heterocycles. The van der Waals surface area contributed by atoms with Crippen LogP contribution >= 0.6 is 0 Å². The van der Waals surface area contributed by atoms with Crippen LogP contribution in [0, 0.1) is 5.92 Å². The molecule has 0 bridgehead atoms. The average Bonchev–Trinajstić information content (AvgIpc) is 2.42. The Bertz CT molecular complexity index is 129. The molecule has 0 fully saturated rings.